The second kappa shape index (κ2) is 10.1. The van der Waals surface area contributed by atoms with Gasteiger partial charge in [-0.05, 0) is 48.9 Å². The second-order valence-corrected chi connectivity index (χ2v) is 6.67. The monoisotopic (exact) mass is 442 g/mol. The molecule has 160 valence electrons. The Bertz CT molecular complexity index is 900. The second-order valence-electron chi connectivity index (χ2n) is 6.23. The van der Waals surface area contributed by atoms with Gasteiger partial charge in [0, 0.05) is 17.1 Å². The number of halogens is 4. The molecule has 2 aromatic rings. The summed E-state index contributed by atoms with van der Waals surface area (Å²) >= 11 is 5.78. The van der Waals surface area contributed by atoms with Gasteiger partial charge in [-0.15, -0.1) is 0 Å². The molecule has 2 amide bonds. The number of amides is 2. The van der Waals surface area contributed by atoms with Crippen molar-refractivity contribution in [3.05, 3.63) is 70.2 Å². The van der Waals surface area contributed by atoms with Crippen LogP contribution in [0.15, 0.2) is 48.5 Å². The number of alkyl halides is 3. The highest BCUT2D eigenvalue weighted by molar-refractivity contribution is 6.30. The topological polar surface area (TPSA) is 84.5 Å². The number of ether oxygens (including phenoxy) is 1. The summed E-state index contributed by atoms with van der Waals surface area (Å²) in [5.74, 6) is -2.16. The van der Waals surface area contributed by atoms with Crippen LogP contribution < -0.4 is 10.6 Å². The number of hydrogen-bond acceptors (Lipinski definition) is 4. The first kappa shape index (κ1) is 23.2. The number of rotatable bonds is 7. The van der Waals surface area contributed by atoms with E-state index >= 15 is 0 Å². The van der Waals surface area contributed by atoms with Crippen LogP contribution in [0.2, 0.25) is 5.02 Å². The molecule has 0 bridgehead atoms. The maximum absolute atomic E-state index is 12.5. The molecule has 0 saturated carbocycles. The summed E-state index contributed by atoms with van der Waals surface area (Å²) < 4.78 is 42.5. The molecule has 2 rings (SSSR count). The van der Waals surface area contributed by atoms with Crippen LogP contribution in [0.4, 0.5) is 13.2 Å². The van der Waals surface area contributed by atoms with Gasteiger partial charge in [-0.3, -0.25) is 14.4 Å². The Morgan fingerprint density at radius 3 is 2.17 bits per heavy atom. The number of hydrogen-bond donors (Lipinski definition) is 2. The molecule has 0 aromatic heterocycles. The summed E-state index contributed by atoms with van der Waals surface area (Å²) in [4.78, 5) is 35.7. The van der Waals surface area contributed by atoms with Crippen molar-refractivity contribution in [2.75, 3.05) is 6.54 Å². The van der Waals surface area contributed by atoms with Gasteiger partial charge in [-0.1, -0.05) is 23.7 Å². The van der Waals surface area contributed by atoms with E-state index in [1.54, 1.807) is 24.3 Å². The highest BCUT2D eigenvalue weighted by Gasteiger charge is 2.30. The summed E-state index contributed by atoms with van der Waals surface area (Å²) in [6.07, 6.45) is -5.61. The van der Waals surface area contributed by atoms with Gasteiger partial charge in [0.15, 0.2) is 6.10 Å². The Balaban J connectivity index is 1.76. The molecule has 0 radical (unpaired) electrons. The van der Waals surface area contributed by atoms with Crippen LogP contribution in [0.5, 0.6) is 0 Å². The Morgan fingerprint density at radius 1 is 1.00 bits per heavy atom. The van der Waals surface area contributed by atoms with Gasteiger partial charge in [-0.2, -0.15) is 13.2 Å². The van der Waals surface area contributed by atoms with E-state index in [0.717, 1.165) is 29.8 Å². The van der Waals surface area contributed by atoms with Crippen molar-refractivity contribution in [2.24, 2.45) is 0 Å². The van der Waals surface area contributed by atoms with E-state index in [2.05, 4.69) is 10.6 Å². The Kier molecular flexibility index (Phi) is 7.82. The van der Waals surface area contributed by atoms with E-state index in [-0.39, 0.29) is 12.1 Å². The van der Waals surface area contributed by atoms with Crippen LogP contribution in [-0.4, -0.2) is 30.4 Å². The van der Waals surface area contributed by atoms with E-state index in [4.69, 9.17) is 16.3 Å². The van der Waals surface area contributed by atoms with Crippen molar-refractivity contribution in [1.29, 1.82) is 0 Å². The summed E-state index contributed by atoms with van der Waals surface area (Å²) in [6, 6.07) is 10.3. The molecule has 0 heterocycles. The lowest BCUT2D eigenvalue weighted by atomic mass is 10.1. The van der Waals surface area contributed by atoms with Gasteiger partial charge in [0.05, 0.1) is 5.56 Å². The van der Waals surface area contributed by atoms with E-state index in [9.17, 15) is 27.6 Å². The van der Waals surface area contributed by atoms with E-state index < -0.39 is 42.2 Å². The van der Waals surface area contributed by atoms with Gasteiger partial charge in [0.1, 0.15) is 6.54 Å². The van der Waals surface area contributed by atoms with Crippen molar-refractivity contribution < 1.29 is 32.3 Å². The third-order valence-corrected chi connectivity index (χ3v) is 4.18. The number of carbonyl (C=O) groups excluding carboxylic acids is 3. The van der Waals surface area contributed by atoms with Crippen molar-refractivity contribution in [1.82, 2.24) is 10.6 Å². The first-order chi connectivity index (χ1) is 14.1. The Labute approximate surface area is 175 Å². The maximum atomic E-state index is 12.5. The quantitative estimate of drug-likeness (QED) is 0.644. The largest absolute Gasteiger partial charge is 0.451 e. The third kappa shape index (κ3) is 7.07. The van der Waals surface area contributed by atoms with Crippen molar-refractivity contribution in [3.63, 3.8) is 0 Å². The zero-order valence-electron chi connectivity index (χ0n) is 15.8. The summed E-state index contributed by atoms with van der Waals surface area (Å²) in [6.45, 7) is 1.03. The minimum atomic E-state index is -4.51. The molecule has 10 heteroatoms. The predicted molar refractivity (Wildman–Crippen MR) is 103 cm³/mol. The zero-order chi connectivity index (χ0) is 22.3. The van der Waals surface area contributed by atoms with Crippen molar-refractivity contribution >= 4 is 29.4 Å². The molecule has 0 fully saturated rings. The molecule has 0 aliphatic heterocycles. The van der Waals surface area contributed by atoms with E-state index in [1.807, 2.05) is 0 Å². The van der Waals surface area contributed by atoms with Crippen molar-refractivity contribution in [2.45, 2.75) is 25.7 Å². The van der Waals surface area contributed by atoms with Gasteiger partial charge in [0.2, 0.25) is 0 Å². The molecule has 1 atom stereocenters. The van der Waals surface area contributed by atoms with Crippen LogP contribution in [0.1, 0.15) is 28.4 Å². The summed E-state index contributed by atoms with van der Waals surface area (Å²) in [5, 5.41) is 5.38. The molecule has 2 N–H and O–H groups in total. The Morgan fingerprint density at radius 2 is 1.60 bits per heavy atom. The molecule has 6 nitrogen and oxygen atoms in total. The maximum Gasteiger partial charge on any atom is 0.416 e. The molecule has 0 spiro atoms. The normalized spacial score (nSPS) is 12.0. The van der Waals surface area contributed by atoms with Crippen LogP contribution >= 0.6 is 11.6 Å². The molecule has 0 aliphatic carbocycles. The molecule has 2 aromatic carbocycles. The molecular weight excluding hydrogens is 425 g/mol. The lowest BCUT2D eigenvalue weighted by molar-refractivity contribution is -0.153. The van der Waals surface area contributed by atoms with Crippen LogP contribution in [0, 0.1) is 0 Å². The fraction of sp³-hybridized carbons (Fsp3) is 0.250. The van der Waals surface area contributed by atoms with Crippen molar-refractivity contribution in [3.8, 4) is 0 Å². The standard InChI is InChI=1S/C20H18ClF3N2O4/c1-12(18(28)25-10-13-2-8-16(21)9-3-13)30-17(27)11-26-19(29)14-4-6-15(7-5-14)20(22,23)24/h2-9,12H,10-11H2,1H3,(H,25,28)(H,26,29)/t12-/m0/s1. The minimum absolute atomic E-state index is 0.0513. The predicted octanol–water partition coefficient (Wildman–Crippen LogP) is 3.34. The molecule has 0 saturated heterocycles. The average molecular weight is 443 g/mol. The zero-order valence-corrected chi connectivity index (χ0v) is 16.5. The highest BCUT2D eigenvalue weighted by Crippen LogP contribution is 2.29. The summed E-state index contributed by atoms with van der Waals surface area (Å²) in [5.41, 5.74) is -0.142. The van der Waals surface area contributed by atoms with Gasteiger partial charge in [0.25, 0.3) is 11.8 Å². The fourth-order valence-electron chi connectivity index (χ4n) is 2.29. The minimum Gasteiger partial charge on any atom is -0.451 e. The van der Waals surface area contributed by atoms with Gasteiger partial charge in [-0.25, -0.2) is 0 Å². The summed E-state index contributed by atoms with van der Waals surface area (Å²) in [7, 11) is 0. The van der Waals surface area contributed by atoms with Gasteiger partial charge < -0.3 is 15.4 Å². The number of esters is 1. The highest BCUT2D eigenvalue weighted by atomic mass is 35.5. The van der Waals surface area contributed by atoms with Crippen LogP contribution in [0.3, 0.4) is 0 Å². The SMILES string of the molecule is C[C@H](OC(=O)CNC(=O)c1ccc(C(F)(F)F)cc1)C(=O)NCc1ccc(Cl)cc1. The molecular formula is C20H18ClF3N2O4. The van der Waals surface area contributed by atoms with Gasteiger partial charge >= 0.3 is 12.1 Å². The first-order valence-electron chi connectivity index (χ1n) is 8.73. The van der Waals surface area contributed by atoms with E-state index in [0.29, 0.717) is 5.02 Å². The number of carbonyl (C=O) groups is 3. The smallest absolute Gasteiger partial charge is 0.416 e. The number of nitrogens with one attached hydrogen (secondary N) is 2. The van der Waals surface area contributed by atoms with Crippen LogP contribution in [-0.2, 0) is 27.0 Å². The van der Waals surface area contributed by atoms with Crippen LogP contribution in [0.25, 0.3) is 0 Å². The number of benzene rings is 2. The van der Waals surface area contributed by atoms with E-state index in [1.165, 1.54) is 6.92 Å². The average Bonchev–Trinajstić information content (AvgIpc) is 2.70. The molecule has 30 heavy (non-hydrogen) atoms. The lowest BCUT2D eigenvalue weighted by Gasteiger charge is -2.14. The third-order valence-electron chi connectivity index (χ3n) is 3.93. The Hall–Kier alpha value is -3.07. The molecule has 0 unspecified atom stereocenters. The first-order valence-corrected chi connectivity index (χ1v) is 9.11. The fourth-order valence-corrected chi connectivity index (χ4v) is 2.42. The lowest BCUT2D eigenvalue weighted by Crippen LogP contribution is -2.38. The molecule has 0 aliphatic rings.